The summed E-state index contributed by atoms with van der Waals surface area (Å²) in [5, 5.41) is 11.2. The molecule has 0 aromatic heterocycles. The highest BCUT2D eigenvalue weighted by molar-refractivity contribution is 8.77. The maximum absolute atomic E-state index is 11.2. The highest BCUT2D eigenvalue weighted by Crippen LogP contribution is 2.37. The van der Waals surface area contributed by atoms with Gasteiger partial charge < -0.3 is 5.11 Å². The summed E-state index contributed by atoms with van der Waals surface area (Å²) in [4.78, 5) is 53.5. The topological polar surface area (TPSA) is 130 Å². The monoisotopic (exact) mass is 334 g/mol. The Kier molecular flexibility index (Phi) is 6.69. The summed E-state index contributed by atoms with van der Waals surface area (Å²) in [6, 6.07) is 0. The molecule has 2 atom stereocenters. The third-order valence-corrected chi connectivity index (χ3v) is 5.51. The van der Waals surface area contributed by atoms with Crippen LogP contribution in [-0.2, 0) is 24.0 Å². The zero-order valence-electron chi connectivity index (χ0n) is 11.1. The van der Waals surface area contributed by atoms with Crippen molar-refractivity contribution in [2.75, 3.05) is 0 Å². The molecule has 8 nitrogen and oxygen atoms in total. The van der Waals surface area contributed by atoms with Crippen LogP contribution in [0.25, 0.3) is 0 Å². The Labute approximate surface area is 128 Å². The first-order valence-electron chi connectivity index (χ1n) is 6.04. The van der Waals surface area contributed by atoms with Gasteiger partial charge in [0.25, 0.3) is 0 Å². The van der Waals surface area contributed by atoms with Crippen molar-refractivity contribution in [2.45, 2.75) is 36.7 Å². The van der Waals surface area contributed by atoms with E-state index in [1.54, 1.807) is 6.92 Å². The van der Waals surface area contributed by atoms with Crippen LogP contribution < -0.4 is 10.6 Å². The fourth-order valence-electron chi connectivity index (χ4n) is 1.35. The van der Waals surface area contributed by atoms with Crippen LogP contribution in [0.2, 0.25) is 0 Å². The molecule has 4 amide bonds. The number of rotatable bonds is 4. The predicted molar refractivity (Wildman–Crippen MR) is 76.2 cm³/mol. The Bertz CT molecular complexity index is 445. The van der Waals surface area contributed by atoms with Crippen molar-refractivity contribution < 1.29 is 29.1 Å². The van der Waals surface area contributed by atoms with Gasteiger partial charge >= 0.3 is 5.97 Å². The minimum atomic E-state index is -0.745. The molecule has 0 saturated carbocycles. The molecule has 0 radical (unpaired) electrons. The molecule has 2 fully saturated rings. The first-order valence-corrected chi connectivity index (χ1v) is 8.32. The molecule has 0 aromatic carbocycles. The first kappa shape index (κ1) is 17.5. The first-order chi connectivity index (χ1) is 9.83. The van der Waals surface area contributed by atoms with Crippen molar-refractivity contribution in [1.29, 1.82) is 0 Å². The van der Waals surface area contributed by atoms with Gasteiger partial charge in [-0.05, 0) is 0 Å². The van der Waals surface area contributed by atoms with Crippen molar-refractivity contribution >= 4 is 51.2 Å². The lowest BCUT2D eigenvalue weighted by atomic mass is 10.4. The second-order valence-corrected chi connectivity index (χ2v) is 6.83. The van der Waals surface area contributed by atoms with Crippen LogP contribution in [0.3, 0.4) is 0 Å². The van der Waals surface area contributed by atoms with E-state index in [0.29, 0.717) is 0 Å². The number of aliphatic carboxylic acids is 1. The lowest BCUT2D eigenvalue weighted by molar-refractivity contribution is -0.136. The lowest BCUT2D eigenvalue weighted by Crippen LogP contribution is -2.24. The van der Waals surface area contributed by atoms with E-state index in [4.69, 9.17) is 5.11 Å². The Morgan fingerprint density at radius 1 is 1.05 bits per heavy atom. The number of hydrogen-bond donors (Lipinski definition) is 3. The molecule has 21 heavy (non-hydrogen) atoms. The lowest BCUT2D eigenvalue weighted by Gasteiger charge is -2.07. The zero-order valence-corrected chi connectivity index (χ0v) is 12.7. The van der Waals surface area contributed by atoms with Gasteiger partial charge in [-0.2, -0.15) is 0 Å². The Morgan fingerprint density at radius 3 is 1.57 bits per heavy atom. The van der Waals surface area contributed by atoms with Gasteiger partial charge in [0.05, 0.1) is 0 Å². The van der Waals surface area contributed by atoms with Crippen molar-refractivity contribution in [3.8, 4) is 0 Å². The molecule has 0 aliphatic carbocycles. The van der Waals surface area contributed by atoms with Gasteiger partial charge in [0.15, 0.2) is 0 Å². The number of carboxylic acid groups (broad SMARTS) is 1. The molecule has 3 N–H and O–H groups in total. The Morgan fingerprint density at radius 2 is 1.38 bits per heavy atom. The van der Waals surface area contributed by atoms with Crippen LogP contribution in [0.5, 0.6) is 0 Å². The number of imide groups is 2. The van der Waals surface area contributed by atoms with Gasteiger partial charge in [-0.15, -0.1) is 0 Å². The van der Waals surface area contributed by atoms with Gasteiger partial charge in [0.1, 0.15) is 10.5 Å². The van der Waals surface area contributed by atoms with Crippen molar-refractivity contribution in [2.24, 2.45) is 0 Å². The minimum Gasteiger partial charge on any atom is -0.481 e. The standard InChI is InChI=1S/C8H8N2O4S2.C3H6O2/c11-5-1-3(7(13)9-5)15-16-4-2-6(12)10-8(4)14;1-2-3(4)5/h3-4H,1-2H2,(H,9,11,13)(H,10,12,14);2H2,1H3,(H,4,5). The van der Waals surface area contributed by atoms with Crippen molar-refractivity contribution in [1.82, 2.24) is 10.6 Å². The highest BCUT2D eigenvalue weighted by Gasteiger charge is 2.36. The molecular formula is C11H14N2O6S2. The number of carboxylic acids is 1. The Balaban J connectivity index is 0.000000383. The molecule has 0 bridgehead atoms. The van der Waals surface area contributed by atoms with Gasteiger partial charge in [-0.1, -0.05) is 28.5 Å². The van der Waals surface area contributed by atoms with E-state index in [1.807, 2.05) is 0 Å². The van der Waals surface area contributed by atoms with Crippen LogP contribution in [0, 0.1) is 0 Å². The summed E-state index contributed by atoms with van der Waals surface area (Å²) >= 11 is 0. The molecule has 116 valence electrons. The predicted octanol–water partition coefficient (Wildman–Crippen LogP) is -0.321. The third kappa shape index (κ3) is 5.76. The van der Waals surface area contributed by atoms with Crippen LogP contribution in [0.4, 0.5) is 0 Å². The van der Waals surface area contributed by atoms with Crippen LogP contribution >= 0.6 is 21.6 Å². The number of carbonyl (C=O) groups excluding carboxylic acids is 4. The van der Waals surface area contributed by atoms with E-state index in [2.05, 4.69) is 10.6 Å². The highest BCUT2D eigenvalue weighted by atomic mass is 33.1. The van der Waals surface area contributed by atoms with E-state index in [0.717, 1.165) is 0 Å². The molecule has 2 rings (SSSR count). The minimum absolute atomic E-state index is 0.138. The smallest absolute Gasteiger partial charge is 0.303 e. The SMILES string of the molecule is CCC(=O)O.O=C1CC(SSC2CC(=O)NC2=O)C(=O)N1. The molecule has 2 heterocycles. The van der Waals surface area contributed by atoms with Crippen LogP contribution in [-0.4, -0.2) is 45.2 Å². The quantitative estimate of drug-likeness (QED) is 0.471. The van der Waals surface area contributed by atoms with Gasteiger partial charge in [-0.3, -0.25) is 34.6 Å². The number of carbonyl (C=O) groups is 5. The number of hydrogen-bond acceptors (Lipinski definition) is 7. The molecule has 0 spiro atoms. The molecule has 2 saturated heterocycles. The fourth-order valence-corrected chi connectivity index (χ4v) is 4.09. The maximum Gasteiger partial charge on any atom is 0.303 e. The molecular weight excluding hydrogens is 320 g/mol. The summed E-state index contributed by atoms with van der Waals surface area (Å²) in [5.41, 5.74) is 0. The molecule has 2 aliphatic heterocycles. The average Bonchev–Trinajstić information content (AvgIpc) is 2.89. The third-order valence-electron chi connectivity index (χ3n) is 2.44. The summed E-state index contributed by atoms with van der Waals surface area (Å²) < 4.78 is 0. The van der Waals surface area contributed by atoms with Gasteiger partial charge in [-0.25, -0.2) is 0 Å². The molecule has 2 unspecified atom stereocenters. The molecule has 0 aromatic rings. The Hall–Kier alpha value is -1.55. The van der Waals surface area contributed by atoms with E-state index >= 15 is 0 Å². The summed E-state index contributed by atoms with van der Waals surface area (Å²) in [7, 11) is 2.34. The zero-order chi connectivity index (χ0) is 16.0. The number of amides is 4. The van der Waals surface area contributed by atoms with Gasteiger partial charge in [0.2, 0.25) is 23.6 Å². The van der Waals surface area contributed by atoms with Crippen molar-refractivity contribution in [3.05, 3.63) is 0 Å². The van der Waals surface area contributed by atoms with Gasteiger partial charge in [0, 0.05) is 19.3 Å². The maximum atomic E-state index is 11.2. The van der Waals surface area contributed by atoms with E-state index in [1.165, 1.54) is 21.6 Å². The van der Waals surface area contributed by atoms with E-state index in [9.17, 15) is 24.0 Å². The van der Waals surface area contributed by atoms with E-state index < -0.39 is 16.5 Å². The van der Waals surface area contributed by atoms with Crippen LogP contribution in [0.15, 0.2) is 0 Å². The summed E-state index contributed by atoms with van der Waals surface area (Å²) in [6.07, 6.45) is 0.498. The fraction of sp³-hybridized carbons (Fsp3) is 0.545. The summed E-state index contributed by atoms with van der Waals surface area (Å²) in [6.45, 7) is 1.60. The largest absolute Gasteiger partial charge is 0.481 e. The van der Waals surface area contributed by atoms with Crippen LogP contribution in [0.1, 0.15) is 26.2 Å². The van der Waals surface area contributed by atoms with E-state index in [-0.39, 0.29) is 42.9 Å². The summed E-state index contributed by atoms with van der Waals surface area (Å²) in [5.74, 6) is -1.99. The average molecular weight is 334 g/mol. The second kappa shape index (κ2) is 8.03. The second-order valence-electron chi connectivity index (χ2n) is 4.15. The molecule has 10 heteroatoms. The molecule has 2 aliphatic rings. The normalized spacial score (nSPS) is 24.2. The number of nitrogens with one attached hydrogen (secondary N) is 2. The van der Waals surface area contributed by atoms with Crippen molar-refractivity contribution in [3.63, 3.8) is 0 Å².